The first-order valence-corrected chi connectivity index (χ1v) is 8.22. The van der Waals surface area contributed by atoms with Crippen molar-refractivity contribution in [1.29, 1.82) is 0 Å². The lowest BCUT2D eigenvalue weighted by molar-refractivity contribution is -0.105. The van der Waals surface area contributed by atoms with Gasteiger partial charge in [0.1, 0.15) is 0 Å². The van der Waals surface area contributed by atoms with Gasteiger partial charge in [-0.15, -0.1) is 0 Å². The number of hydrogen-bond donors (Lipinski definition) is 2. The number of carbonyl (C=O) groups excluding carboxylic acids is 1. The molecule has 4 nitrogen and oxygen atoms in total. The van der Waals surface area contributed by atoms with Crippen molar-refractivity contribution in [3.63, 3.8) is 0 Å². The largest absolute Gasteiger partial charge is 0.478 e. The molecule has 1 amide bonds. The Hall–Kier alpha value is -1.84. The van der Waals surface area contributed by atoms with Crippen molar-refractivity contribution in [3.8, 4) is 0 Å². The number of hydrogen-bond acceptors (Lipinski definition) is 2. The van der Waals surface area contributed by atoms with Gasteiger partial charge in [0.05, 0.1) is 5.56 Å². The van der Waals surface area contributed by atoms with Gasteiger partial charge < -0.3 is 10.4 Å². The molecule has 0 heterocycles. The number of anilines is 1. The van der Waals surface area contributed by atoms with Gasteiger partial charge in [-0.1, -0.05) is 62.3 Å². The Kier molecular flexibility index (Phi) is 17.1. The van der Waals surface area contributed by atoms with Crippen molar-refractivity contribution in [1.82, 2.24) is 0 Å². The summed E-state index contributed by atoms with van der Waals surface area (Å²) in [6.45, 7) is 19.3. The third-order valence-corrected chi connectivity index (χ3v) is 3.09. The number of rotatable bonds is 3. The highest BCUT2D eigenvalue weighted by Gasteiger charge is 2.13. The van der Waals surface area contributed by atoms with Crippen molar-refractivity contribution >= 4 is 18.1 Å². The molecule has 0 saturated carbocycles. The van der Waals surface area contributed by atoms with Gasteiger partial charge in [-0.25, -0.2) is 4.79 Å². The van der Waals surface area contributed by atoms with Crippen LogP contribution in [0.1, 0.15) is 72.7 Å². The quantitative estimate of drug-likeness (QED) is 0.701. The van der Waals surface area contributed by atoms with Crippen LogP contribution < -0.4 is 5.32 Å². The lowest BCUT2D eigenvalue weighted by atomic mass is 9.84. The minimum Gasteiger partial charge on any atom is -0.478 e. The summed E-state index contributed by atoms with van der Waals surface area (Å²) < 4.78 is 0. The summed E-state index contributed by atoms with van der Waals surface area (Å²) in [5.41, 5.74) is 1.28. The molecule has 4 heteroatoms. The van der Waals surface area contributed by atoms with Crippen molar-refractivity contribution in [2.24, 2.45) is 11.3 Å². The molecular formula is C19H35NO3. The first-order valence-electron chi connectivity index (χ1n) is 8.22. The summed E-state index contributed by atoms with van der Waals surface area (Å²) in [7, 11) is 0. The number of carboxylic acids is 1. The number of carbonyl (C=O) groups is 2. The van der Waals surface area contributed by atoms with Gasteiger partial charge in [0.25, 0.3) is 0 Å². The normalized spacial score (nSPS) is 9.13. The Bertz CT molecular complexity index is 404. The van der Waals surface area contributed by atoms with Crippen LogP contribution >= 0.6 is 0 Å². The summed E-state index contributed by atoms with van der Waals surface area (Å²) in [6.07, 6.45) is 0.537. The number of aromatic carboxylic acids is 1. The van der Waals surface area contributed by atoms with Crippen molar-refractivity contribution in [2.45, 2.75) is 62.3 Å². The first kappa shape index (κ1) is 26.1. The lowest BCUT2D eigenvalue weighted by Gasteiger charge is -2.22. The van der Waals surface area contributed by atoms with Crippen molar-refractivity contribution in [2.75, 3.05) is 5.32 Å². The Balaban J connectivity index is -0.000000312. The molecule has 0 saturated heterocycles. The zero-order chi connectivity index (χ0) is 19.1. The van der Waals surface area contributed by atoms with Gasteiger partial charge in [-0.3, -0.25) is 4.79 Å². The van der Waals surface area contributed by atoms with Gasteiger partial charge in [0.2, 0.25) is 6.41 Å². The van der Waals surface area contributed by atoms with Crippen LogP contribution in [0.4, 0.5) is 5.69 Å². The van der Waals surface area contributed by atoms with E-state index in [9.17, 15) is 9.59 Å². The molecule has 0 aliphatic heterocycles. The minimum atomic E-state index is -0.979. The van der Waals surface area contributed by atoms with Crippen molar-refractivity contribution in [3.05, 3.63) is 29.8 Å². The molecule has 0 unspecified atom stereocenters. The molecule has 134 valence electrons. The fourth-order valence-corrected chi connectivity index (χ4v) is 0.777. The number of amides is 1. The molecule has 0 spiro atoms. The molecule has 0 bridgehead atoms. The van der Waals surface area contributed by atoms with E-state index in [-0.39, 0.29) is 5.56 Å². The van der Waals surface area contributed by atoms with Gasteiger partial charge in [-0.05, 0) is 35.6 Å². The zero-order valence-electron chi connectivity index (χ0n) is 16.2. The minimum absolute atomic E-state index is 0.200. The van der Waals surface area contributed by atoms with E-state index in [1.165, 1.54) is 24.3 Å². The third-order valence-electron chi connectivity index (χ3n) is 3.09. The predicted octanol–water partition coefficient (Wildman–Crippen LogP) is 5.69. The maximum Gasteiger partial charge on any atom is 0.335 e. The van der Waals surface area contributed by atoms with E-state index in [0.29, 0.717) is 17.5 Å². The van der Waals surface area contributed by atoms with Crippen LogP contribution in [0.25, 0.3) is 0 Å². The molecule has 0 fully saturated rings. The fraction of sp³-hybridized carbons (Fsp3) is 0.579. The maximum atomic E-state index is 10.4. The third kappa shape index (κ3) is 14.8. The average molecular weight is 325 g/mol. The van der Waals surface area contributed by atoms with Crippen LogP contribution in [0.15, 0.2) is 24.3 Å². The number of benzene rings is 1. The second-order valence-corrected chi connectivity index (χ2v) is 5.67. The summed E-state index contributed by atoms with van der Waals surface area (Å²) in [4.78, 5) is 20.3. The Morgan fingerprint density at radius 2 is 1.39 bits per heavy atom. The molecule has 0 aliphatic rings. The Labute approximate surface area is 142 Å². The van der Waals surface area contributed by atoms with E-state index < -0.39 is 5.97 Å². The summed E-state index contributed by atoms with van der Waals surface area (Å²) in [5, 5.41) is 10.9. The topological polar surface area (TPSA) is 66.4 Å². The molecule has 23 heavy (non-hydrogen) atoms. The monoisotopic (exact) mass is 325 g/mol. The number of nitrogens with one attached hydrogen (secondary N) is 1. The Morgan fingerprint density at radius 3 is 1.61 bits per heavy atom. The van der Waals surface area contributed by atoms with Gasteiger partial charge in [-0.2, -0.15) is 0 Å². The van der Waals surface area contributed by atoms with E-state index in [1.807, 2.05) is 27.7 Å². The molecule has 1 aromatic carbocycles. The molecule has 2 N–H and O–H groups in total. The van der Waals surface area contributed by atoms with Crippen molar-refractivity contribution < 1.29 is 14.7 Å². The van der Waals surface area contributed by atoms with Crippen LogP contribution in [-0.2, 0) is 4.79 Å². The van der Waals surface area contributed by atoms with Gasteiger partial charge in [0.15, 0.2) is 0 Å². The smallest absolute Gasteiger partial charge is 0.335 e. The molecule has 0 atom stereocenters. The maximum absolute atomic E-state index is 10.4. The standard InChI is InChI=1S/C8H7NO3.C7H16.2C2H6/c10-5-9-7-3-1-6(2-4-7)8(11)12;1-6(2)7(3,4)5;2*1-2/h1-5H,(H,9,10)(H,11,12);6H,1-5H3;2*1-2H3. The van der Waals surface area contributed by atoms with E-state index in [2.05, 4.69) is 39.9 Å². The molecule has 1 rings (SSSR count). The average Bonchev–Trinajstić information content (AvgIpc) is 2.52. The van der Waals surface area contributed by atoms with Crippen LogP contribution in [0.2, 0.25) is 0 Å². The number of carboxylic acid groups (broad SMARTS) is 1. The Morgan fingerprint density at radius 1 is 1.04 bits per heavy atom. The zero-order valence-corrected chi connectivity index (χ0v) is 16.2. The van der Waals surface area contributed by atoms with Crippen LogP contribution in [0.3, 0.4) is 0 Å². The van der Waals surface area contributed by atoms with Crippen LogP contribution in [0.5, 0.6) is 0 Å². The van der Waals surface area contributed by atoms with E-state index in [1.54, 1.807) is 0 Å². The predicted molar refractivity (Wildman–Crippen MR) is 100 cm³/mol. The van der Waals surface area contributed by atoms with Crippen LogP contribution in [0, 0.1) is 11.3 Å². The second-order valence-electron chi connectivity index (χ2n) is 5.67. The van der Waals surface area contributed by atoms with Gasteiger partial charge in [0, 0.05) is 5.69 Å². The first-order chi connectivity index (χ1) is 10.7. The van der Waals surface area contributed by atoms with E-state index in [0.717, 1.165) is 5.92 Å². The fourth-order valence-electron chi connectivity index (χ4n) is 0.777. The highest BCUT2D eigenvalue weighted by Crippen LogP contribution is 2.23. The lowest BCUT2D eigenvalue weighted by Crippen LogP contribution is -2.12. The second kappa shape index (κ2) is 15.1. The van der Waals surface area contributed by atoms with Gasteiger partial charge >= 0.3 is 5.97 Å². The molecule has 0 radical (unpaired) electrons. The SMILES string of the molecule is CC.CC.CC(C)C(C)(C)C.O=CNc1ccc(C(=O)O)cc1. The summed E-state index contributed by atoms with van der Waals surface area (Å²) in [5.74, 6) is -0.180. The van der Waals surface area contributed by atoms with E-state index in [4.69, 9.17) is 5.11 Å². The van der Waals surface area contributed by atoms with Crippen LogP contribution in [-0.4, -0.2) is 17.5 Å². The molecule has 0 aliphatic carbocycles. The molecule has 1 aromatic rings. The summed E-state index contributed by atoms with van der Waals surface area (Å²) >= 11 is 0. The molecular weight excluding hydrogens is 290 g/mol. The summed E-state index contributed by atoms with van der Waals surface area (Å²) in [6, 6.07) is 5.90. The highest BCUT2D eigenvalue weighted by atomic mass is 16.4. The molecule has 0 aromatic heterocycles. The van der Waals surface area contributed by atoms with E-state index >= 15 is 0 Å². The highest BCUT2D eigenvalue weighted by molar-refractivity contribution is 5.88.